The van der Waals surface area contributed by atoms with Crippen molar-refractivity contribution in [3.05, 3.63) is 41.0 Å². The fraction of sp³-hybridized carbons (Fsp3) is 0.649. The number of aliphatic hydroxyl groups excluding tert-OH is 1. The summed E-state index contributed by atoms with van der Waals surface area (Å²) < 4.78 is 0. The Morgan fingerprint density at radius 1 is 0.917 bits per heavy atom. The Morgan fingerprint density at radius 3 is 2.00 bits per heavy atom. The topological polar surface area (TPSA) is 149 Å². The number of aliphatic carboxylic acids is 1. The molecule has 1 unspecified atom stereocenters. The van der Waals surface area contributed by atoms with E-state index in [-0.39, 0.29) is 37.1 Å². The Bertz CT molecular complexity index is 1320. The number of carboxylic acid groups (broad SMARTS) is 1. The third kappa shape index (κ3) is 13.0. The van der Waals surface area contributed by atoms with Crippen LogP contribution in [-0.2, 0) is 25.7 Å². The number of amides is 3. The summed E-state index contributed by atoms with van der Waals surface area (Å²) in [5, 5.41) is 25.1. The molecule has 2 heterocycles. The van der Waals surface area contributed by atoms with Crippen molar-refractivity contribution in [2.24, 2.45) is 5.41 Å². The third-order valence-corrected chi connectivity index (χ3v) is 9.98. The lowest BCUT2D eigenvalue weighted by atomic mass is 9.85. The number of aryl methyl sites for hydroxylation is 1. The van der Waals surface area contributed by atoms with E-state index in [2.05, 4.69) is 15.6 Å². The molecule has 0 radical (unpaired) electrons. The molecular formula is C37H56N4O6S. The van der Waals surface area contributed by atoms with E-state index in [0.29, 0.717) is 13.0 Å². The van der Waals surface area contributed by atoms with Crippen LogP contribution in [0.15, 0.2) is 29.8 Å². The van der Waals surface area contributed by atoms with Crippen molar-refractivity contribution in [2.75, 3.05) is 6.54 Å². The first-order valence-corrected chi connectivity index (χ1v) is 18.5. The van der Waals surface area contributed by atoms with Gasteiger partial charge in [0, 0.05) is 32.4 Å². The monoisotopic (exact) mass is 684 g/mol. The molecule has 266 valence electrons. The van der Waals surface area contributed by atoms with Crippen LogP contribution in [0.1, 0.15) is 122 Å². The number of benzene rings is 1. The highest BCUT2D eigenvalue weighted by Gasteiger charge is 2.44. The van der Waals surface area contributed by atoms with Crippen molar-refractivity contribution in [3.8, 4) is 10.4 Å². The van der Waals surface area contributed by atoms with Gasteiger partial charge >= 0.3 is 5.97 Å². The number of hydrogen-bond donors (Lipinski definition) is 4. The highest BCUT2D eigenvalue weighted by molar-refractivity contribution is 7.13. The first kappa shape index (κ1) is 39.1. The highest BCUT2D eigenvalue weighted by Crippen LogP contribution is 2.28. The van der Waals surface area contributed by atoms with E-state index in [1.54, 1.807) is 11.3 Å². The van der Waals surface area contributed by atoms with Crippen molar-refractivity contribution in [2.45, 2.75) is 142 Å². The normalized spacial score (nSPS) is 16.9. The minimum absolute atomic E-state index is 0.0486. The number of β-amino-alcohol motifs (C(OH)–C–C–N with tert-alkyl or cyclic N) is 1. The number of carboxylic acids is 1. The maximum absolute atomic E-state index is 13.8. The molecular weight excluding hydrogens is 628 g/mol. The van der Waals surface area contributed by atoms with Crippen molar-refractivity contribution < 1.29 is 29.4 Å². The summed E-state index contributed by atoms with van der Waals surface area (Å²) in [5.74, 6) is -1.57. The van der Waals surface area contributed by atoms with E-state index in [4.69, 9.17) is 5.11 Å². The Kier molecular flexibility index (Phi) is 16.0. The molecule has 1 aromatic carbocycles. The van der Waals surface area contributed by atoms with Gasteiger partial charge in [0.1, 0.15) is 12.1 Å². The molecule has 2 aromatic rings. The maximum atomic E-state index is 13.8. The average molecular weight is 685 g/mol. The molecule has 48 heavy (non-hydrogen) atoms. The van der Waals surface area contributed by atoms with Gasteiger partial charge in [-0.05, 0) is 36.3 Å². The summed E-state index contributed by atoms with van der Waals surface area (Å²) >= 11 is 1.59. The molecule has 1 aromatic heterocycles. The fourth-order valence-corrected chi connectivity index (χ4v) is 6.98. The molecule has 1 fully saturated rings. The molecule has 0 bridgehead atoms. The van der Waals surface area contributed by atoms with Crippen LogP contribution < -0.4 is 10.6 Å². The lowest BCUT2D eigenvalue weighted by molar-refractivity contribution is -0.144. The molecule has 4 N–H and O–H groups in total. The molecule has 3 amide bonds. The van der Waals surface area contributed by atoms with Crippen LogP contribution in [0, 0.1) is 12.3 Å². The van der Waals surface area contributed by atoms with Gasteiger partial charge in [-0.2, -0.15) is 0 Å². The molecule has 0 spiro atoms. The summed E-state index contributed by atoms with van der Waals surface area (Å²) in [6.07, 6.45) is 11.3. The summed E-state index contributed by atoms with van der Waals surface area (Å²) in [7, 11) is 0. The summed E-state index contributed by atoms with van der Waals surface area (Å²) in [5.41, 5.74) is 4.21. The number of aliphatic hydroxyl groups is 1. The largest absolute Gasteiger partial charge is 0.481 e. The highest BCUT2D eigenvalue weighted by atomic mass is 32.1. The molecule has 3 rings (SSSR count). The third-order valence-electron chi connectivity index (χ3n) is 9.01. The van der Waals surface area contributed by atoms with Gasteiger partial charge in [0.15, 0.2) is 0 Å². The number of rotatable bonds is 20. The molecule has 1 aliphatic rings. The van der Waals surface area contributed by atoms with Crippen LogP contribution in [0.25, 0.3) is 10.4 Å². The van der Waals surface area contributed by atoms with Gasteiger partial charge in [-0.25, -0.2) is 4.98 Å². The van der Waals surface area contributed by atoms with Crippen LogP contribution >= 0.6 is 11.3 Å². The van der Waals surface area contributed by atoms with E-state index in [9.17, 15) is 24.3 Å². The first-order chi connectivity index (χ1) is 22.9. The number of nitrogens with one attached hydrogen (secondary N) is 2. The Balaban J connectivity index is 1.41. The standard InChI is InChI=1S/C37H56N4O6S/c1-26-33(48-25-39-26)28-20-18-27(19-21-28)23-38-35(46)30-22-29(42)24-41(30)36(47)34(37(2,3)4)40-31(43)16-14-12-10-8-6-5-7-9-11-13-15-17-32(44)45/h18-21,25,29-30,34,42H,5-17,22-24H2,1-4H3,(H,38,46)(H,40,43)(H,44,45)/t29-,30+,34?/m1/s1. The average Bonchev–Trinajstić information content (AvgIpc) is 3.65. The Hall–Kier alpha value is -3.31. The van der Waals surface area contributed by atoms with Gasteiger partial charge in [0.05, 0.1) is 22.2 Å². The SMILES string of the molecule is Cc1ncsc1-c1ccc(CNC(=O)[C@@H]2C[C@@H](O)CN2C(=O)C(NC(=O)CCCCCCCCCCCCCC(=O)O)C(C)(C)C)cc1. The number of unbranched alkanes of at least 4 members (excludes halogenated alkanes) is 10. The van der Waals surface area contributed by atoms with Crippen LogP contribution in [0.2, 0.25) is 0 Å². The first-order valence-electron chi connectivity index (χ1n) is 17.6. The Labute approximate surface area is 290 Å². The molecule has 0 aliphatic carbocycles. The smallest absolute Gasteiger partial charge is 0.303 e. The second-order valence-corrected chi connectivity index (χ2v) is 15.1. The molecule has 1 saturated heterocycles. The van der Waals surface area contributed by atoms with Crippen LogP contribution in [0.5, 0.6) is 0 Å². The predicted octanol–water partition coefficient (Wildman–Crippen LogP) is 6.38. The van der Waals surface area contributed by atoms with E-state index >= 15 is 0 Å². The summed E-state index contributed by atoms with van der Waals surface area (Å²) in [6, 6.07) is 6.30. The number of thiazole rings is 1. The Morgan fingerprint density at radius 2 is 1.48 bits per heavy atom. The van der Waals surface area contributed by atoms with Gasteiger partial charge in [-0.15, -0.1) is 11.3 Å². The zero-order valence-corrected chi connectivity index (χ0v) is 30.1. The fourth-order valence-electron chi connectivity index (χ4n) is 6.17. The quantitative estimate of drug-likeness (QED) is 0.118. The van der Waals surface area contributed by atoms with Crippen molar-refractivity contribution in [3.63, 3.8) is 0 Å². The van der Waals surface area contributed by atoms with Crippen molar-refractivity contribution in [1.29, 1.82) is 0 Å². The second-order valence-electron chi connectivity index (χ2n) is 14.2. The van der Waals surface area contributed by atoms with Crippen molar-refractivity contribution in [1.82, 2.24) is 20.5 Å². The van der Waals surface area contributed by atoms with Crippen LogP contribution in [0.3, 0.4) is 0 Å². The predicted molar refractivity (Wildman–Crippen MR) is 189 cm³/mol. The van der Waals surface area contributed by atoms with E-state index < -0.39 is 29.6 Å². The minimum Gasteiger partial charge on any atom is -0.481 e. The summed E-state index contributed by atoms with van der Waals surface area (Å²) in [6.45, 7) is 8.00. The van der Waals surface area contributed by atoms with Gasteiger partial charge in [-0.1, -0.05) is 103 Å². The molecule has 0 saturated carbocycles. The van der Waals surface area contributed by atoms with Gasteiger partial charge in [0.25, 0.3) is 0 Å². The number of likely N-dealkylation sites (tertiary alicyclic amines) is 1. The lowest BCUT2D eigenvalue weighted by Crippen LogP contribution is -2.57. The van der Waals surface area contributed by atoms with Crippen LogP contribution in [0.4, 0.5) is 0 Å². The number of aromatic nitrogens is 1. The number of hydrogen-bond acceptors (Lipinski definition) is 7. The minimum atomic E-state index is -0.822. The molecule has 1 aliphatic heterocycles. The van der Waals surface area contributed by atoms with E-state index in [1.165, 1.54) is 17.7 Å². The van der Waals surface area contributed by atoms with Gasteiger partial charge < -0.3 is 25.7 Å². The van der Waals surface area contributed by atoms with Crippen molar-refractivity contribution >= 4 is 35.0 Å². The zero-order valence-electron chi connectivity index (χ0n) is 29.3. The second kappa shape index (κ2) is 19.6. The molecule has 10 nitrogen and oxygen atoms in total. The van der Waals surface area contributed by atoms with E-state index in [0.717, 1.165) is 79.5 Å². The van der Waals surface area contributed by atoms with Gasteiger partial charge in [-0.3, -0.25) is 19.2 Å². The summed E-state index contributed by atoms with van der Waals surface area (Å²) in [4.78, 5) is 57.5. The van der Waals surface area contributed by atoms with Crippen LogP contribution in [-0.4, -0.2) is 68.5 Å². The molecule has 11 heteroatoms. The zero-order chi connectivity index (χ0) is 35.1. The number of carbonyl (C=O) groups is 4. The maximum Gasteiger partial charge on any atom is 0.303 e. The van der Waals surface area contributed by atoms with E-state index in [1.807, 2.05) is 57.5 Å². The number of carbonyl (C=O) groups excluding carboxylic acids is 3. The lowest BCUT2D eigenvalue weighted by Gasteiger charge is -2.35. The number of nitrogens with zero attached hydrogens (tertiary/aromatic N) is 2. The van der Waals surface area contributed by atoms with Gasteiger partial charge in [0.2, 0.25) is 17.7 Å². The molecule has 3 atom stereocenters.